The lowest BCUT2D eigenvalue weighted by Crippen LogP contribution is -2.41. The number of nitrogens with zero attached hydrogens (tertiary/aromatic N) is 1. The minimum absolute atomic E-state index is 0.224. The summed E-state index contributed by atoms with van der Waals surface area (Å²) >= 11 is 0. The fraction of sp³-hybridized carbons (Fsp3) is 0.0417. The van der Waals surface area contributed by atoms with Gasteiger partial charge < -0.3 is 4.74 Å². The SMILES string of the molecule is O=C(NNC(=O)c1ccc2ccccc2n1)c1ccc(COc2ccccc2)cc1. The Kier molecular flexibility index (Phi) is 5.66. The lowest BCUT2D eigenvalue weighted by molar-refractivity contribution is 0.0844. The third kappa shape index (κ3) is 4.62. The summed E-state index contributed by atoms with van der Waals surface area (Å²) in [4.78, 5) is 28.9. The van der Waals surface area contributed by atoms with Gasteiger partial charge in [0.25, 0.3) is 11.8 Å². The summed E-state index contributed by atoms with van der Waals surface area (Å²) in [6.45, 7) is 0.399. The average molecular weight is 397 g/mol. The molecule has 1 heterocycles. The summed E-state index contributed by atoms with van der Waals surface area (Å²) in [6, 6.07) is 27.4. The molecule has 4 rings (SSSR count). The molecule has 0 aliphatic rings. The molecule has 1 aromatic heterocycles. The highest BCUT2D eigenvalue weighted by atomic mass is 16.5. The zero-order valence-electron chi connectivity index (χ0n) is 16.0. The van der Waals surface area contributed by atoms with Gasteiger partial charge in [-0.25, -0.2) is 4.98 Å². The molecular weight excluding hydrogens is 378 g/mol. The number of rotatable bonds is 5. The Balaban J connectivity index is 1.32. The highest BCUT2D eigenvalue weighted by molar-refractivity contribution is 5.99. The van der Waals surface area contributed by atoms with Gasteiger partial charge in [0.15, 0.2) is 0 Å². The van der Waals surface area contributed by atoms with E-state index in [9.17, 15) is 9.59 Å². The Morgan fingerprint density at radius 3 is 2.23 bits per heavy atom. The standard InChI is InChI=1S/C24H19N3O3/c28-23(19-12-10-17(11-13-19)16-30-20-7-2-1-3-8-20)26-27-24(29)22-15-14-18-6-4-5-9-21(18)25-22/h1-15H,16H2,(H,26,28)(H,27,29). The Bertz CT molecular complexity index is 1180. The van der Waals surface area contributed by atoms with Crippen LogP contribution in [0.25, 0.3) is 10.9 Å². The number of pyridine rings is 1. The van der Waals surface area contributed by atoms with E-state index in [2.05, 4.69) is 15.8 Å². The van der Waals surface area contributed by atoms with E-state index in [-0.39, 0.29) is 5.69 Å². The summed E-state index contributed by atoms with van der Waals surface area (Å²) in [6.07, 6.45) is 0. The number of amides is 2. The van der Waals surface area contributed by atoms with Crippen LogP contribution in [0.5, 0.6) is 5.75 Å². The van der Waals surface area contributed by atoms with Crippen molar-refractivity contribution in [2.45, 2.75) is 6.61 Å². The number of carbonyl (C=O) groups is 2. The molecular formula is C24H19N3O3. The van der Waals surface area contributed by atoms with E-state index in [1.807, 2.05) is 72.8 Å². The van der Waals surface area contributed by atoms with Gasteiger partial charge in [-0.15, -0.1) is 0 Å². The summed E-state index contributed by atoms with van der Waals surface area (Å²) in [5.74, 6) is -0.119. The molecule has 30 heavy (non-hydrogen) atoms. The summed E-state index contributed by atoms with van der Waals surface area (Å²) < 4.78 is 5.69. The van der Waals surface area contributed by atoms with Crippen molar-refractivity contribution in [3.05, 3.63) is 108 Å². The van der Waals surface area contributed by atoms with E-state index < -0.39 is 11.8 Å². The lowest BCUT2D eigenvalue weighted by Gasteiger charge is -2.09. The first-order valence-electron chi connectivity index (χ1n) is 9.42. The number of ether oxygens (including phenoxy) is 1. The quantitative estimate of drug-likeness (QED) is 0.501. The molecule has 6 nitrogen and oxygen atoms in total. The fourth-order valence-electron chi connectivity index (χ4n) is 2.88. The maximum Gasteiger partial charge on any atom is 0.288 e. The van der Waals surface area contributed by atoms with Gasteiger partial charge >= 0.3 is 0 Å². The van der Waals surface area contributed by atoms with Crippen LogP contribution in [0.3, 0.4) is 0 Å². The monoisotopic (exact) mass is 397 g/mol. The normalized spacial score (nSPS) is 10.4. The number of aromatic nitrogens is 1. The molecule has 0 spiro atoms. The molecule has 0 fully saturated rings. The van der Waals surface area contributed by atoms with Gasteiger partial charge in [0, 0.05) is 10.9 Å². The van der Waals surface area contributed by atoms with Crippen LogP contribution >= 0.6 is 0 Å². The lowest BCUT2D eigenvalue weighted by atomic mass is 10.1. The van der Waals surface area contributed by atoms with Crippen molar-refractivity contribution < 1.29 is 14.3 Å². The largest absolute Gasteiger partial charge is 0.489 e. The molecule has 6 heteroatoms. The molecule has 0 bridgehead atoms. The van der Waals surface area contributed by atoms with Crippen LogP contribution in [0.15, 0.2) is 91.0 Å². The van der Waals surface area contributed by atoms with Crippen molar-refractivity contribution in [1.82, 2.24) is 15.8 Å². The molecule has 0 atom stereocenters. The predicted octanol–water partition coefficient (Wildman–Crippen LogP) is 3.89. The Hall–Kier alpha value is -4.19. The molecule has 0 saturated heterocycles. The maximum atomic E-state index is 12.3. The third-order valence-electron chi connectivity index (χ3n) is 4.49. The van der Waals surface area contributed by atoms with Crippen LogP contribution < -0.4 is 15.6 Å². The summed E-state index contributed by atoms with van der Waals surface area (Å²) in [5, 5.41) is 0.939. The molecule has 0 unspecified atom stereocenters. The smallest absolute Gasteiger partial charge is 0.288 e. The Morgan fingerprint density at radius 1 is 0.733 bits per heavy atom. The van der Waals surface area contributed by atoms with Crippen molar-refractivity contribution in [2.75, 3.05) is 0 Å². The van der Waals surface area contributed by atoms with E-state index in [0.29, 0.717) is 17.7 Å². The van der Waals surface area contributed by atoms with Gasteiger partial charge in [0.2, 0.25) is 0 Å². The maximum absolute atomic E-state index is 12.3. The minimum atomic E-state index is -0.484. The number of hydrogen-bond acceptors (Lipinski definition) is 4. The Morgan fingerprint density at radius 2 is 1.43 bits per heavy atom. The summed E-state index contributed by atoms with van der Waals surface area (Å²) in [7, 11) is 0. The van der Waals surface area contributed by atoms with Gasteiger partial charge in [-0.05, 0) is 42.0 Å². The molecule has 4 aromatic rings. The molecule has 3 aromatic carbocycles. The van der Waals surface area contributed by atoms with Gasteiger partial charge in [0.05, 0.1) is 5.52 Å². The van der Waals surface area contributed by atoms with Crippen LogP contribution in [0.1, 0.15) is 26.4 Å². The van der Waals surface area contributed by atoms with E-state index >= 15 is 0 Å². The minimum Gasteiger partial charge on any atom is -0.489 e. The Labute approximate surface area is 173 Å². The zero-order chi connectivity index (χ0) is 20.8. The third-order valence-corrected chi connectivity index (χ3v) is 4.49. The number of hydrazine groups is 1. The van der Waals surface area contributed by atoms with E-state index in [4.69, 9.17) is 4.74 Å². The number of para-hydroxylation sites is 2. The van der Waals surface area contributed by atoms with Gasteiger partial charge in [-0.1, -0.05) is 54.6 Å². The van der Waals surface area contributed by atoms with Crippen LogP contribution in [-0.4, -0.2) is 16.8 Å². The first-order chi connectivity index (χ1) is 14.7. The molecule has 2 N–H and O–H groups in total. The molecule has 0 saturated carbocycles. The van der Waals surface area contributed by atoms with Crippen molar-refractivity contribution in [2.24, 2.45) is 0 Å². The first kappa shape index (κ1) is 19.1. The highest BCUT2D eigenvalue weighted by Gasteiger charge is 2.11. The molecule has 148 valence electrons. The first-order valence-corrected chi connectivity index (χ1v) is 9.42. The van der Waals surface area contributed by atoms with Gasteiger partial charge in [0.1, 0.15) is 18.1 Å². The van der Waals surface area contributed by atoms with Crippen molar-refractivity contribution >= 4 is 22.7 Å². The van der Waals surface area contributed by atoms with Gasteiger partial charge in [-0.2, -0.15) is 0 Å². The number of benzene rings is 3. The van der Waals surface area contributed by atoms with E-state index in [1.54, 1.807) is 18.2 Å². The molecule has 0 radical (unpaired) electrons. The highest BCUT2D eigenvalue weighted by Crippen LogP contribution is 2.13. The van der Waals surface area contributed by atoms with Crippen molar-refractivity contribution in [1.29, 1.82) is 0 Å². The second kappa shape index (κ2) is 8.87. The second-order valence-electron chi connectivity index (χ2n) is 6.60. The summed E-state index contributed by atoms with van der Waals surface area (Å²) in [5.41, 5.74) is 7.10. The second-order valence-corrected chi connectivity index (χ2v) is 6.60. The van der Waals surface area contributed by atoms with Crippen LogP contribution in [-0.2, 0) is 6.61 Å². The number of fused-ring (bicyclic) bond motifs is 1. The molecule has 0 aliphatic heterocycles. The van der Waals surface area contributed by atoms with E-state index in [0.717, 1.165) is 16.7 Å². The fourth-order valence-corrected chi connectivity index (χ4v) is 2.88. The number of hydrogen-bond donors (Lipinski definition) is 2. The van der Waals surface area contributed by atoms with Crippen LogP contribution in [0, 0.1) is 0 Å². The van der Waals surface area contributed by atoms with Crippen LogP contribution in [0.2, 0.25) is 0 Å². The predicted molar refractivity (Wildman–Crippen MR) is 114 cm³/mol. The average Bonchev–Trinajstić information content (AvgIpc) is 2.81. The van der Waals surface area contributed by atoms with Crippen molar-refractivity contribution in [3.63, 3.8) is 0 Å². The van der Waals surface area contributed by atoms with Crippen LogP contribution in [0.4, 0.5) is 0 Å². The number of nitrogens with one attached hydrogen (secondary N) is 2. The van der Waals surface area contributed by atoms with Gasteiger partial charge in [-0.3, -0.25) is 20.4 Å². The zero-order valence-corrected chi connectivity index (χ0v) is 16.0. The molecule has 0 aliphatic carbocycles. The number of carbonyl (C=O) groups excluding carboxylic acids is 2. The molecule has 2 amide bonds. The topological polar surface area (TPSA) is 80.3 Å². The van der Waals surface area contributed by atoms with Crippen molar-refractivity contribution in [3.8, 4) is 5.75 Å². The van der Waals surface area contributed by atoms with E-state index in [1.165, 1.54) is 0 Å².